The van der Waals surface area contributed by atoms with Crippen molar-refractivity contribution in [2.24, 2.45) is 7.05 Å². The number of carboxylic acids is 1. The van der Waals surface area contributed by atoms with Gasteiger partial charge in [-0.2, -0.15) is 0 Å². The van der Waals surface area contributed by atoms with E-state index in [2.05, 4.69) is 0 Å². The topological polar surface area (TPSA) is 46.1 Å². The lowest BCUT2D eigenvalue weighted by atomic mass is 10.1. The van der Waals surface area contributed by atoms with Gasteiger partial charge in [-0.05, 0) is 0 Å². The van der Waals surface area contributed by atoms with E-state index in [4.69, 9.17) is 0 Å². The molecule has 1 heterocycles. The molecule has 1 unspecified atom stereocenters. The van der Waals surface area contributed by atoms with Gasteiger partial charge in [-0.3, -0.25) is 0 Å². The Morgan fingerprint density at radius 1 is 1.35 bits per heavy atom. The fourth-order valence-corrected chi connectivity index (χ4v) is 1.90. The van der Waals surface area contributed by atoms with Crippen LogP contribution in [0.3, 0.4) is 0 Å². The van der Waals surface area contributed by atoms with Gasteiger partial charge < -0.3 is 5.11 Å². The smallest absolute Gasteiger partial charge is 0.354 e. The summed E-state index contributed by atoms with van der Waals surface area (Å²) in [5.41, 5.74) is 0.777. The van der Waals surface area contributed by atoms with Crippen LogP contribution in [0.25, 0.3) is 0 Å². The first kappa shape index (κ1) is 11.4. The van der Waals surface area contributed by atoms with E-state index in [0.717, 1.165) is 11.4 Å². The Bertz CT molecular complexity index is 532. The number of hydrogen-bond acceptors (Lipinski definition) is 1. The number of aromatic nitrogens is 2. The molecule has 0 saturated heterocycles. The first-order chi connectivity index (χ1) is 8.11. The molecule has 0 radical (unpaired) electrons. The van der Waals surface area contributed by atoms with Gasteiger partial charge in [0.15, 0.2) is 0 Å². The van der Waals surface area contributed by atoms with Gasteiger partial charge >= 0.3 is 5.97 Å². The van der Waals surface area contributed by atoms with Crippen molar-refractivity contribution in [2.75, 3.05) is 0 Å². The molecular weight excluding hydrogens is 216 g/mol. The third-order valence-corrected chi connectivity index (χ3v) is 2.96. The minimum Gasteiger partial charge on any atom is -0.478 e. The summed E-state index contributed by atoms with van der Waals surface area (Å²) in [6, 6.07) is 8.58. The average molecular weight is 231 g/mol. The molecular formula is C13H15N2O2+. The van der Waals surface area contributed by atoms with Crippen LogP contribution in [-0.4, -0.2) is 15.6 Å². The van der Waals surface area contributed by atoms with Gasteiger partial charge in [-0.1, -0.05) is 30.3 Å². The second-order valence-corrected chi connectivity index (χ2v) is 4.01. The zero-order valence-electron chi connectivity index (χ0n) is 9.87. The highest BCUT2D eigenvalue weighted by Gasteiger charge is 2.28. The molecule has 0 aliphatic carbocycles. The number of carbonyl (C=O) groups is 1. The average Bonchev–Trinajstić information content (AvgIpc) is 2.63. The number of aryl methyl sites for hydroxylation is 1. The molecule has 1 N–H and O–H groups in total. The summed E-state index contributed by atoms with van der Waals surface area (Å²) in [6.45, 7) is 1.90. The molecule has 17 heavy (non-hydrogen) atoms. The third kappa shape index (κ3) is 2.06. The summed E-state index contributed by atoms with van der Waals surface area (Å²) < 4.78 is 3.66. The summed E-state index contributed by atoms with van der Waals surface area (Å²) in [5.74, 6) is 0.0525. The molecule has 1 atom stereocenters. The highest BCUT2D eigenvalue weighted by Crippen LogP contribution is 2.19. The molecule has 0 amide bonds. The molecule has 2 aromatic rings. The molecule has 2 rings (SSSR count). The molecule has 0 saturated carbocycles. The van der Waals surface area contributed by atoms with E-state index >= 15 is 0 Å². The van der Waals surface area contributed by atoms with Crippen LogP contribution in [0.15, 0.2) is 42.7 Å². The molecule has 88 valence electrons. The van der Waals surface area contributed by atoms with E-state index in [0.29, 0.717) is 0 Å². The van der Waals surface area contributed by atoms with Crippen LogP contribution in [0.5, 0.6) is 0 Å². The number of imidazole rings is 1. The predicted octanol–water partition coefficient (Wildman–Crippen LogP) is 1.30. The Kier molecular flexibility index (Phi) is 2.95. The van der Waals surface area contributed by atoms with Gasteiger partial charge in [-0.25, -0.2) is 13.9 Å². The first-order valence-electron chi connectivity index (χ1n) is 5.42. The molecule has 0 aliphatic rings. The van der Waals surface area contributed by atoms with Gasteiger partial charge in [0.2, 0.25) is 6.04 Å². The lowest BCUT2D eigenvalue weighted by Crippen LogP contribution is -2.32. The second kappa shape index (κ2) is 4.41. The van der Waals surface area contributed by atoms with Crippen LogP contribution in [0.2, 0.25) is 0 Å². The molecule has 4 heteroatoms. The Morgan fingerprint density at radius 3 is 2.47 bits per heavy atom. The van der Waals surface area contributed by atoms with Crippen molar-refractivity contribution in [1.82, 2.24) is 4.57 Å². The lowest BCUT2D eigenvalue weighted by molar-refractivity contribution is -0.677. The lowest BCUT2D eigenvalue weighted by Gasteiger charge is -2.10. The number of nitrogens with zero attached hydrogens (tertiary/aromatic N) is 2. The maximum atomic E-state index is 11.4. The Labute approximate surface area is 99.8 Å². The molecule has 0 fully saturated rings. The van der Waals surface area contributed by atoms with E-state index in [1.165, 1.54) is 0 Å². The van der Waals surface area contributed by atoms with E-state index in [1.54, 1.807) is 10.8 Å². The van der Waals surface area contributed by atoms with Crippen LogP contribution < -0.4 is 4.57 Å². The van der Waals surface area contributed by atoms with E-state index in [1.807, 2.05) is 55.1 Å². The number of carboxylic acid groups (broad SMARTS) is 1. The fourth-order valence-electron chi connectivity index (χ4n) is 1.90. The van der Waals surface area contributed by atoms with Crippen LogP contribution in [0, 0.1) is 6.92 Å². The zero-order chi connectivity index (χ0) is 12.4. The Hall–Kier alpha value is -2.10. The van der Waals surface area contributed by atoms with Crippen molar-refractivity contribution in [3.8, 4) is 0 Å². The van der Waals surface area contributed by atoms with E-state index < -0.39 is 12.0 Å². The van der Waals surface area contributed by atoms with Crippen LogP contribution in [0.4, 0.5) is 0 Å². The summed E-state index contributed by atoms with van der Waals surface area (Å²) in [4.78, 5) is 11.4. The zero-order valence-corrected chi connectivity index (χ0v) is 9.87. The van der Waals surface area contributed by atoms with Crippen LogP contribution in [0.1, 0.15) is 17.4 Å². The van der Waals surface area contributed by atoms with Gasteiger partial charge in [0.1, 0.15) is 12.4 Å². The standard InChI is InChI=1S/C13H14N2O2/c1-10-14(2)8-9-15(10)12(13(16)17)11-6-4-3-5-7-11/h3-9,12H,1-2H3/p+1. The number of rotatable bonds is 3. The molecule has 0 bridgehead atoms. The van der Waals surface area contributed by atoms with Crippen LogP contribution in [-0.2, 0) is 11.8 Å². The quantitative estimate of drug-likeness (QED) is 0.809. The summed E-state index contributed by atoms with van der Waals surface area (Å²) in [7, 11) is 1.90. The van der Waals surface area contributed by atoms with Gasteiger partial charge in [0.25, 0.3) is 5.82 Å². The molecule has 1 aromatic carbocycles. The molecule has 0 aliphatic heterocycles. The summed E-state index contributed by atoms with van der Waals surface area (Å²) >= 11 is 0. The minimum atomic E-state index is -0.851. The number of benzene rings is 1. The van der Waals surface area contributed by atoms with Crippen molar-refractivity contribution in [1.29, 1.82) is 0 Å². The predicted molar refractivity (Wildman–Crippen MR) is 62.6 cm³/mol. The number of hydrogen-bond donors (Lipinski definition) is 1. The van der Waals surface area contributed by atoms with E-state index in [-0.39, 0.29) is 0 Å². The number of aliphatic carboxylic acids is 1. The first-order valence-corrected chi connectivity index (χ1v) is 5.42. The highest BCUT2D eigenvalue weighted by atomic mass is 16.4. The Morgan fingerprint density at radius 2 is 2.00 bits per heavy atom. The molecule has 1 aromatic heterocycles. The van der Waals surface area contributed by atoms with Crippen molar-refractivity contribution < 1.29 is 14.5 Å². The van der Waals surface area contributed by atoms with Crippen molar-refractivity contribution in [3.05, 3.63) is 54.1 Å². The van der Waals surface area contributed by atoms with Crippen LogP contribution >= 0.6 is 0 Å². The van der Waals surface area contributed by atoms with Gasteiger partial charge in [0.05, 0.1) is 7.05 Å². The monoisotopic (exact) mass is 231 g/mol. The third-order valence-electron chi connectivity index (χ3n) is 2.96. The van der Waals surface area contributed by atoms with Gasteiger partial charge in [0, 0.05) is 12.5 Å². The van der Waals surface area contributed by atoms with Crippen molar-refractivity contribution in [3.63, 3.8) is 0 Å². The SMILES string of the molecule is Cc1n(C(C(=O)O)c2ccccc2)cc[n+]1C. The van der Waals surface area contributed by atoms with Crippen molar-refractivity contribution >= 4 is 5.97 Å². The van der Waals surface area contributed by atoms with Crippen molar-refractivity contribution in [2.45, 2.75) is 13.0 Å². The molecule has 4 nitrogen and oxygen atoms in total. The Balaban J connectivity index is 2.51. The normalized spacial score (nSPS) is 12.4. The highest BCUT2D eigenvalue weighted by molar-refractivity contribution is 5.76. The second-order valence-electron chi connectivity index (χ2n) is 4.01. The largest absolute Gasteiger partial charge is 0.478 e. The van der Waals surface area contributed by atoms with E-state index in [9.17, 15) is 9.90 Å². The summed E-state index contributed by atoms with van der Waals surface area (Å²) in [6.07, 6.45) is 3.65. The molecule has 0 spiro atoms. The maximum Gasteiger partial charge on any atom is 0.354 e. The minimum absolute atomic E-state index is 0.669. The maximum absolute atomic E-state index is 11.4. The fraction of sp³-hybridized carbons (Fsp3) is 0.231. The van der Waals surface area contributed by atoms with Gasteiger partial charge in [-0.15, -0.1) is 0 Å². The summed E-state index contributed by atoms with van der Waals surface area (Å²) in [5, 5.41) is 9.38.